The van der Waals surface area contributed by atoms with Crippen molar-refractivity contribution in [2.24, 2.45) is 23.2 Å². The zero-order valence-corrected chi connectivity index (χ0v) is 14.4. The molecule has 0 spiro atoms. The number of hydrogen-bond donors (Lipinski definition) is 0. The second kappa shape index (κ2) is 7.23. The fourth-order valence-corrected chi connectivity index (χ4v) is 5.54. The molecule has 0 amide bonds. The van der Waals surface area contributed by atoms with Gasteiger partial charge in [-0.1, -0.05) is 0 Å². The first-order chi connectivity index (χ1) is 11.1. The molecular formula is C19H30O4. The number of hydrogen-bond acceptors (Lipinski definition) is 4. The van der Waals surface area contributed by atoms with Crippen LogP contribution >= 0.6 is 0 Å². The molecule has 0 aromatic heterocycles. The van der Waals surface area contributed by atoms with Crippen LogP contribution in [0.2, 0.25) is 0 Å². The number of carbonyl (C=O) groups is 2. The van der Waals surface area contributed by atoms with Gasteiger partial charge in [0, 0.05) is 18.3 Å². The van der Waals surface area contributed by atoms with Crippen molar-refractivity contribution < 1.29 is 19.1 Å². The number of esters is 2. The van der Waals surface area contributed by atoms with Gasteiger partial charge in [0.2, 0.25) is 0 Å². The van der Waals surface area contributed by atoms with Crippen molar-refractivity contribution >= 4 is 11.9 Å². The molecular weight excluding hydrogens is 292 g/mol. The maximum Gasteiger partial charge on any atom is 0.305 e. The molecule has 23 heavy (non-hydrogen) atoms. The van der Waals surface area contributed by atoms with Crippen LogP contribution in [-0.4, -0.2) is 25.2 Å². The van der Waals surface area contributed by atoms with Crippen LogP contribution in [0.3, 0.4) is 0 Å². The lowest BCUT2D eigenvalue weighted by Crippen LogP contribution is -2.48. The van der Waals surface area contributed by atoms with Crippen LogP contribution in [0, 0.1) is 23.2 Å². The van der Waals surface area contributed by atoms with Crippen LogP contribution in [0.1, 0.15) is 71.1 Å². The van der Waals surface area contributed by atoms with Crippen LogP contribution in [0.15, 0.2) is 0 Å². The van der Waals surface area contributed by atoms with Gasteiger partial charge in [-0.05, 0) is 76.0 Å². The van der Waals surface area contributed by atoms with E-state index in [0.717, 1.165) is 17.8 Å². The predicted octanol–water partition coefficient (Wildman–Crippen LogP) is 3.87. The van der Waals surface area contributed by atoms with E-state index in [4.69, 9.17) is 9.47 Å². The van der Waals surface area contributed by atoms with Crippen molar-refractivity contribution in [2.45, 2.75) is 71.1 Å². The first kappa shape index (κ1) is 16.8. The standard InChI is InChI=1S/C19H30O4/c1-2-22-17(20)5-3-4-6-18(21)23-13-19-10-14-7-15(11-19)9-16(8-14)12-19/h14-16H,2-13H2,1H3. The van der Waals surface area contributed by atoms with Crippen LogP contribution in [0.4, 0.5) is 0 Å². The van der Waals surface area contributed by atoms with E-state index < -0.39 is 0 Å². The molecule has 4 saturated carbocycles. The van der Waals surface area contributed by atoms with Crippen LogP contribution in [-0.2, 0) is 19.1 Å². The van der Waals surface area contributed by atoms with Gasteiger partial charge in [0.15, 0.2) is 0 Å². The van der Waals surface area contributed by atoms with Gasteiger partial charge in [-0.25, -0.2) is 0 Å². The van der Waals surface area contributed by atoms with Gasteiger partial charge in [0.1, 0.15) is 0 Å². The topological polar surface area (TPSA) is 52.6 Å². The fourth-order valence-electron chi connectivity index (χ4n) is 5.54. The minimum absolute atomic E-state index is 0.0930. The average molecular weight is 322 g/mol. The summed E-state index contributed by atoms with van der Waals surface area (Å²) in [5, 5.41) is 0. The van der Waals surface area contributed by atoms with Crippen LogP contribution < -0.4 is 0 Å². The maximum absolute atomic E-state index is 12.0. The Balaban J connectivity index is 1.34. The lowest BCUT2D eigenvalue weighted by molar-refractivity contribution is -0.155. The number of carbonyl (C=O) groups excluding carboxylic acids is 2. The highest BCUT2D eigenvalue weighted by molar-refractivity contribution is 5.70. The van der Waals surface area contributed by atoms with Crippen molar-refractivity contribution in [3.8, 4) is 0 Å². The first-order valence-corrected chi connectivity index (χ1v) is 9.40. The van der Waals surface area contributed by atoms with E-state index in [1.54, 1.807) is 6.92 Å². The Labute approximate surface area is 139 Å². The lowest BCUT2D eigenvalue weighted by Gasteiger charge is -2.56. The highest BCUT2D eigenvalue weighted by Crippen LogP contribution is 2.60. The molecule has 4 rings (SSSR count). The van der Waals surface area contributed by atoms with Crippen LogP contribution in [0.25, 0.3) is 0 Å². The van der Waals surface area contributed by atoms with E-state index in [0.29, 0.717) is 44.3 Å². The van der Waals surface area contributed by atoms with Gasteiger partial charge in [-0.2, -0.15) is 0 Å². The van der Waals surface area contributed by atoms with Crippen molar-refractivity contribution in [1.29, 1.82) is 0 Å². The summed E-state index contributed by atoms with van der Waals surface area (Å²) in [5.41, 5.74) is 0.301. The van der Waals surface area contributed by atoms with Crippen molar-refractivity contribution in [3.63, 3.8) is 0 Å². The molecule has 0 saturated heterocycles. The second-order valence-corrected chi connectivity index (χ2v) is 8.09. The summed E-state index contributed by atoms with van der Waals surface area (Å²) >= 11 is 0. The fraction of sp³-hybridized carbons (Fsp3) is 0.895. The molecule has 0 atom stereocenters. The molecule has 4 fully saturated rings. The van der Waals surface area contributed by atoms with Gasteiger partial charge in [0.05, 0.1) is 13.2 Å². The minimum atomic E-state index is -0.172. The predicted molar refractivity (Wildman–Crippen MR) is 86.7 cm³/mol. The first-order valence-electron chi connectivity index (χ1n) is 9.40. The van der Waals surface area contributed by atoms with Crippen molar-refractivity contribution in [1.82, 2.24) is 0 Å². The van der Waals surface area contributed by atoms with Gasteiger partial charge >= 0.3 is 11.9 Å². The molecule has 4 aliphatic rings. The van der Waals surface area contributed by atoms with Crippen molar-refractivity contribution in [3.05, 3.63) is 0 Å². The molecule has 4 heteroatoms. The Morgan fingerprint density at radius 1 is 0.870 bits per heavy atom. The lowest BCUT2D eigenvalue weighted by atomic mass is 9.50. The Kier molecular flexibility index (Phi) is 5.27. The molecule has 4 bridgehead atoms. The maximum atomic E-state index is 12.0. The summed E-state index contributed by atoms with van der Waals surface area (Å²) in [4.78, 5) is 23.2. The van der Waals surface area contributed by atoms with E-state index in [-0.39, 0.29) is 11.9 Å². The summed E-state index contributed by atoms with van der Waals surface area (Å²) in [6.07, 6.45) is 10.3. The number of ether oxygens (including phenoxy) is 2. The zero-order chi connectivity index (χ0) is 16.3. The van der Waals surface area contributed by atoms with E-state index in [1.165, 1.54) is 38.5 Å². The molecule has 4 aliphatic carbocycles. The highest BCUT2D eigenvalue weighted by Gasteiger charge is 2.51. The quantitative estimate of drug-likeness (QED) is 0.503. The highest BCUT2D eigenvalue weighted by atomic mass is 16.5. The minimum Gasteiger partial charge on any atom is -0.466 e. The zero-order valence-electron chi connectivity index (χ0n) is 14.4. The molecule has 0 aromatic rings. The summed E-state index contributed by atoms with van der Waals surface area (Å²) in [6.45, 7) is 2.86. The molecule has 4 nitrogen and oxygen atoms in total. The second-order valence-electron chi connectivity index (χ2n) is 8.09. The Bertz CT molecular complexity index is 407. The SMILES string of the molecule is CCOC(=O)CCCCC(=O)OCC12CC3CC(CC(C3)C1)C2. The molecule has 0 aliphatic heterocycles. The monoisotopic (exact) mass is 322 g/mol. The third kappa shape index (κ3) is 4.27. The number of unbranched alkanes of at least 4 members (excludes halogenated alkanes) is 1. The molecule has 0 radical (unpaired) electrons. The number of rotatable bonds is 8. The van der Waals surface area contributed by atoms with E-state index in [9.17, 15) is 9.59 Å². The van der Waals surface area contributed by atoms with E-state index in [1.807, 2.05) is 0 Å². The summed E-state index contributed by atoms with van der Waals surface area (Å²) in [7, 11) is 0. The third-order valence-electron chi connectivity index (χ3n) is 6.02. The average Bonchev–Trinajstić information content (AvgIpc) is 2.49. The van der Waals surface area contributed by atoms with E-state index >= 15 is 0 Å². The van der Waals surface area contributed by atoms with E-state index in [2.05, 4.69) is 0 Å². The van der Waals surface area contributed by atoms with Crippen LogP contribution in [0.5, 0.6) is 0 Å². The normalized spacial score (nSPS) is 34.4. The Morgan fingerprint density at radius 3 is 1.83 bits per heavy atom. The summed E-state index contributed by atoms with van der Waals surface area (Å²) in [6, 6.07) is 0. The largest absolute Gasteiger partial charge is 0.466 e. The molecule has 0 N–H and O–H groups in total. The van der Waals surface area contributed by atoms with Gasteiger partial charge < -0.3 is 9.47 Å². The molecule has 0 unspecified atom stereocenters. The Morgan fingerprint density at radius 2 is 1.35 bits per heavy atom. The summed E-state index contributed by atoms with van der Waals surface area (Å²) < 4.78 is 10.5. The smallest absolute Gasteiger partial charge is 0.305 e. The van der Waals surface area contributed by atoms with Crippen molar-refractivity contribution in [2.75, 3.05) is 13.2 Å². The summed E-state index contributed by atoms with van der Waals surface area (Å²) in [5.74, 6) is 2.41. The van der Waals surface area contributed by atoms with Gasteiger partial charge in [-0.15, -0.1) is 0 Å². The Hall–Kier alpha value is -1.06. The van der Waals surface area contributed by atoms with Gasteiger partial charge in [0.25, 0.3) is 0 Å². The third-order valence-corrected chi connectivity index (χ3v) is 6.02. The molecule has 130 valence electrons. The molecule has 0 heterocycles. The van der Waals surface area contributed by atoms with Gasteiger partial charge in [-0.3, -0.25) is 9.59 Å². The molecule has 0 aromatic carbocycles.